The predicted octanol–water partition coefficient (Wildman–Crippen LogP) is 14.4. The van der Waals surface area contributed by atoms with Crippen LogP contribution in [-0.4, -0.2) is 23.0 Å². The molecule has 0 fully saturated rings. The highest BCUT2D eigenvalue weighted by atomic mass is 32.2. The Hall–Kier alpha value is -7.73. The van der Waals surface area contributed by atoms with E-state index in [1.54, 1.807) is 152 Å². The number of benzene rings is 9. The summed E-state index contributed by atoms with van der Waals surface area (Å²) in [5, 5.41) is 0. The van der Waals surface area contributed by atoms with Crippen molar-refractivity contribution in [2.24, 2.45) is 0 Å². The van der Waals surface area contributed by atoms with Crippen molar-refractivity contribution in [3.63, 3.8) is 0 Å². The molecule has 0 radical (unpaired) electrons. The molecule has 11 heteroatoms. The van der Waals surface area contributed by atoms with Gasteiger partial charge in [-0.3, -0.25) is 0 Å². The van der Waals surface area contributed by atoms with Crippen LogP contribution in [0.1, 0.15) is 27.8 Å². The predicted molar refractivity (Wildman–Crippen MR) is 265 cm³/mol. The van der Waals surface area contributed by atoms with Gasteiger partial charge < -0.3 is 8.37 Å². The Labute approximate surface area is 400 Å². The Bertz CT molecular complexity index is 3150. The molecule has 9 rings (SSSR count). The van der Waals surface area contributed by atoms with Gasteiger partial charge in [-0.1, -0.05) is 187 Å². The van der Waals surface area contributed by atoms with Gasteiger partial charge in [-0.25, -0.2) is 0 Å². The van der Waals surface area contributed by atoms with E-state index in [2.05, 4.69) is 0 Å². The van der Waals surface area contributed by atoms with E-state index in [1.165, 1.54) is 72.8 Å². The van der Waals surface area contributed by atoms with Gasteiger partial charge in [0.1, 0.15) is 15.2 Å². The second-order valence-corrected chi connectivity index (χ2v) is 19.7. The number of aryl methyl sites for hydroxylation is 2. The average Bonchev–Trinajstić information content (AvgIpc) is 3.36. The van der Waals surface area contributed by atoms with Crippen molar-refractivity contribution < 1.29 is 38.4 Å². The summed E-state index contributed by atoms with van der Waals surface area (Å²) in [6.45, 7) is 3.63. The molecule has 0 amide bonds. The minimum absolute atomic E-state index is 0.0721. The Kier molecular flexibility index (Phi) is 12.6. The SMILES string of the molecule is Cc1ccc(S(=O)(=O)Oc2c(-c3ccccc3)cc(C(c3ccccc3)(c3cc(-c4ccccc4)c(OS(=O)(=O)c4ccc(C)cc4)c(-c4ccccc4)c3)C(F)(F)F)cc2-c2ccccc2)cc1. The molecule has 0 aliphatic heterocycles. The quantitative estimate of drug-likeness (QED) is 0.0845. The van der Waals surface area contributed by atoms with Gasteiger partial charge in [-0.15, -0.1) is 0 Å². The second kappa shape index (κ2) is 18.7. The van der Waals surface area contributed by atoms with Crippen LogP contribution in [0.25, 0.3) is 44.5 Å². The maximum absolute atomic E-state index is 17.6. The third kappa shape index (κ3) is 9.18. The van der Waals surface area contributed by atoms with E-state index in [1.807, 2.05) is 13.8 Å². The number of rotatable bonds is 13. The maximum Gasteiger partial charge on any atom is 0.406 e. The zero-order valence-electron chi connectivity index (χ0n) is 37.3. The van der Waals surface area contributed by atoms with Crippen LogP contribution in [0.5, 0.6) is 11.5 Å². The van der Waals surface area contributed by atoms with Gasteiger partial charge >= 0.3 is 26.4 Å². The van der Waals surface area contributed by atoms with Gasteiger partial charge in [0, 0.05) is 22.3 Å². The van der Waals surface area contributed by atoms with E-state index in [0.29, 0.717) is 22.3 Å². The molecule has 0 N–H and O–H groups in total. The van der Waals surface area contributed by atoms with Gasteiger partial charge in [0.2, 0.25) is 0 Å². The minimum Gasteiger partial charge on any atom is -0.378 e. The summed E-state index contributed by atoms with van der Waals surface area (Å²) in [6.07, 6.45) is -5.15. The van der Waals surface area contributed by atoms with Gasteiger partial charge in [0.05, 0.1) is 0 Å². The van der Waals surface area contributed by atoms with E-state index in [9.17, 15) is 16.8 Å². The fourth-order valence-corrected chi connectivity index (χ4v) is 10.5. The van der Waals surface area contributed by atoms with Crippen molar-refractivity contribution in [3.8, 4) is 56.0 Å². The van der Waals surface area contributed by atoms with E-state index in [0.717, 1.165) is 11.1 Å². The lowest BCUT2D eigenvalue weighted by Crippen LogP contribution is -2.44. The van der Waals surface area contributed by atoms with E-state index >= 15 is 13.2 Å². The molecule has 0 unspecified atom stereocenters. The highest BCUT2D eigenvalue weighted by Gasteiger charge is 2.59. The Morgan fingerprint density at radius 2 is 0.609 bits per heavy atom. The number of hydrogen-bond acceptors (Lipinski definition) is 6. The van der Waals surface area contributed by atoms with Crippen molar-refractivity contribution in [3.05, 3.63) is 252 Å². The van der Waals surface area contributed by atoms with Crippen molar-refractivity contribution in [1.82, 2.24) is 0 Å². The smallest absolute Gasteiger partial charge is 0.378 e. The molecule has 0 aliphatic rings. The molecule has 0 spiro atoms. The normalized spacial score (nSPS) is 12.1. The van der Waals surface area contributed by atoms with Crippen molar-refractivity contribution in [2.45, 2.75) is 35.2 Å². The zero-order chi connectivity index (χ0) is 48.4. The first-order chi connectivity index (χ1) is 33.2. The van der Waals surface area contributed by atoms with Crippen molar-refractivity contribution >= 4 is 20.2 Å². The molecule has 0 saturated carbocycles. The molecule has 9 aromatic carbocycles. The highest BCUT2D eigenvalue weighted by molar-refractivity contribution is 7.87. The molecule has 0 aliphatic carbocycles. The highest BCUT2D eigenvalue weighted by Crippen LogP contribution is 2.57. The largest absolute Gasteiger partial charge is 0.406 e. The van der Waals surface area contributed by atoms with Crippen molar-refractivity contribution in [1.29, 1.82) is 0 Å². The Balaban J connectivity index is 1.42. The van der Waals surface area contributed by atoms with Crippen LogP contribution in [0.3, 0.4) is 0 Å². The molecule has 69 heavy (non-hydrogen) atoms. The van der Waals surface area contributed by atoms with Crippen LogP contribution < -0.4 is 8.37 Å². The summed E-state index contributed by atoms with van der Waals surface area (Å²) >= 11 is 0. The lowest BCUT2D eigenvalue weighted by molar-refractivity contribution is -0.166. The summed E-state index contributed by atoms with van der Waals surface area (Å²) < 4.78 is 122. The first-order valence-electron chi connectivity index (χ1n) is 21.9. The molecule has 6 nitrogen and oxygen atoms in total. The lowest BCUT2D eigenvalue weighted by Gasteiger charge is -2.39. The summed E-state index contributed by atoms with van der Waals surface area (Å²) in [7, 11) is -9.14. The van der Waals surface area contributed by atoms with Crippen LogP contribution in [0.2, 0.25) is 0 Å². The number of hydrogen-bond donors (Lipinski definition) is 0. The molecule has 0 heterocycles. The Morgan fingerprint density at radius 3 is 0.870 bits per heavy atom. The summed E-state index contributed by atoms with van der Waals surface area (Å²) in [5.41, 5.74) is -0.319. The van der Waals surface area contributed by atoms with Gasteiger partial charge in [0.15, 0.2) is 11.5 Å². The molecule has 344 valence electrons. The summed E-state index contributed by atoms with van der Waals surface area (Å²) in [5.74, 6) is -0.359. The van der Waals surface area contributed by atoms with Gasteiger partial charge in [-0.2, -0.15) is 30.0 Å². The maximum atomic E-state index is 17.6. The second-order valence-electron chi connectivity index (χ2n) is 16.6. The van der Waals surface area contributed by atoms with E-state index < -0.39 is 31.8 Å². The van der Waals surface area contributed by atoms with Crippen LogP contribution >= 0.6 is 0 Å². The molecular formula is C58H43F3O6S2. The third-order valence-electron chi connectivity index (χ3n) is 12.0. The monoisotopic (exact) mass is 956 g/mol. The minimum atomic E-state index is -5.15. The molecule has 0 saturated heterocycles. The van der Waals surface area contributed by atoms with Crippen LogP contribution in [0.4, 0.5) is 13.2 Å². The number of halogens is 3. The van der Waals surface area contributed by atoms with Crippen LogP contribution in [0.15, 0.2) is 234 Å². The van der Waals surface area contributed by atoms with Crippen LogP contribution in [-0.2, 0) is 25.7 Å². The molecule has 0 atom stereocenters. The average molecular weight is 957 g/mol. The molecule has 0 bridgehead atoms. The lowest BCUT2D eigenvalue weighted by atomic mass is 9.66. The van der Waals surface area contributed by atoms with E-state index in [-0.39, 0.29) is 60.2 Å². The zero-order valence-corrected chi connectivity index (χ0v) is 38.9. The summed E-state index contributed by atoms with van der Waals surface area (Å²) in [6, 6.07) is 59.2. The topological polar surface area (TPSA) is 86.7 Å². The van der Waals surface area contributed by atoms with Gasteiger partial charge in [-0.05, 0) is 101 Å². The van der Waals surface area contributed by atoms with Crippen molar-refractivity contribution in [2.75, 3.05) is 0 Å². The Morgan fingerprint density at radius 1 is 0.348 bits per heavy atom. The summed E-state index contributed by atoms with van der Waals surface area (Å²) in [4.78, 5) is -0.282. The molecule has 0 aromatic heterocycles. The third-order valence-corrected chi connectivity index (χ3v) is 14.5. The van der Waals surface area contributed by atoms with Gasteiger partial charge in [0.25, 0.3) is 0 Å². The first kappa shape index (κ1) is 46.4. The first-order valence-corrected chi connectivity index (χ1v) is 24.7. The molecular weight excluding hydrogens is 914 g/mol. The number of alkyl halides is 3. The fourth-order valence-electron chi connectivity index (χ4n) is 8.60. The standard InChI is InChI=1S/C58H43F3O6S2/c1-40-28-32-49(33-29-40)68(62,63)66-55-51(42-18-8-3-9-19-42)36-47(37-52(55)43-20-10-4-11-21-43)57(58(59,60)61,46-26-16-7-17-27-46)48-38-53(44-22-12-5-13-23-44)56(54(39-48)45-24-14-6-15-25-45)67-69(64,65)50-34-30-41(2)31-35-50/h3-39H,1-2H3. The van der Waals surface area contributed by atoms with E-state index in [4.69, 9.17) is 8.37 Å². The molecule has 9 aromatic rings. The van der Waals surface area contributed by atoms with Crippen LogP contribution in [0, 0.1) is 13.8 Å². The fraction of sp³-hybridized carbons (Fsp3) is 0.0690.